The van der Waals surface area contributed by atoms with E-state index < -0.39 is 0 Å². The van der Waals surface area contributed by atoms with E-state index in [0.717, 1.165) is 24.5 Å². The molecule has 1 heterocycles. The van der Waals surface area contributed by atoms with Crippen LogP contribution in [0.3, 0.4) is 0 Å². The quantitative estimate of drug-likeness (QED) is 0.761. The molecule has 0 spiro atoms. The van der Waals surface area contributed by atoms with Gasteiger partial charge < -0.3 is 9.64 Å². The Morgan fingerprint density at radius 1 is 1.32 bits per heavy atom. The first-order valence-electron chi connectivity index (χ1n) is 6.72. The van der Waals surface area contributed by atoms with Gasteiger partial charge in [-0.15, -0.1) is 0 Å². The standard InChI is InChI=1S/C16H21NOS/c1-3-18-16-8-6-15(7-9-16)5-4-14(2)17-10-12-19-13-11-17/h4-9H,2-3,10-13H2,1H3/b5-4+. The fourth-order valence-electron chi connectivity index (χ4n) is 1.99. The number of allylic oxidation sites excluding steroid dienone is 1. The highest BCUT2D eigenvalue weighted by molar-refractivity contribution is 7.99. The van der Waals surface area contributed by atoms with Gasteiger partial charge in [-0.05, 0) is 30.7 Å². The van der Waals surface area contributed by atoms with E-state index in [1.165, 1.54) is 17.1 Å². The molecule has 0 bridgehead atoms. The summed E-state index contributed by atoms with van der Waals surface area (Å²) in [6.45, 7) is 9.06. The highest BCUT2D eigenvalue weighted by Crippen LogP contribution is 2.16. The van der Waals surface area contributed by atoms with Crippen molar-refractivity contribution in [3.8, 4) is 5.75 Å². The molecule has 0 atom stereocenters. The maximum Gasteiger partial charge on any atom is 0.119 e. The Hall–Kier alpha value is -1.35. The number of hydrogen-bond acceptors (Lipinski definition) is 3. The van der Waals surface area contributed by atoms with Crippen molar-refractivity contribution in [1.82, 2.24) is 4.90 Å². The zero-order valence-electron chi connectivity index (χ0n) is 11.5. The van der Waals surface area contributed by atoms with E-state index in [-0.39, 0.29) is 0 Å². The summed E-state index contributed by atoms with van der Waals surface area (Å²) >= 11 is 2.02. The summed E-state index contributed by atoms with van der Waals surface area (Å²) in [5.41, 5.74) is 2.28. The zero-order chi connectivity index (χ0) is 13.5. The Labute approximate surface area is 120 Å². The lowest BCUT2D eigenvalue weighted by Gasteiger charge is -2.28. The van der Waals surface area contributed by atoms with Gasteiger partial charge in [-0.2, -0.15) is 11.8 Å². The van der Waals surface area contributed by atoms with Crippen LogP contribution in [0.15, 0.2) is 42.6 Å². The number of nitrogens with zero attached hydrogens (tertiary/aromatic N) is 1. The van der Waals surface area contributed by atoms with Crippen LogP contribution in [-0.4, -0.2) is 36.1 Å². The van der Waals surface area contributed by atoms with Crippen molar-refractivity contribution in [2.45, 2.75) is 6.92 Å². The van der Waals surface area contributed by atoms with Gasteiger partial charge in [0.15, 0.2) is 0 Å². The van der Waals surface area contributed by atoms with Crippen molar-refractivity contribution in [3.05, 3.63) is 48.2 Å². The Balaban J connectivity index is 1.91. The minimum atomic E-state index is 0.707. The topological polar surface area (TPSA) is 12.5 Å². The third-order valence-corrected chi connectivity index (χ3v) is 4.02. The normalized spacial score (nSPS) is 15.7. The molecule has 2 nitrogen and oxygen atoms in total. The summed E-state index contributed by atoms with van der Waals surface area (Å²) in [6.07, 6.45) is 4.21. The summed E-state index contributed by atoms with van der Waals surface area (Å²) < 4.78 is 5.43. The highest BCUT2D eigenvalue weighted by atomic mass is 32.2. The molecule has 102 valence electrons. The molecule has 1 aliphatic heterocycles. The van der Waals surface area contributed by atoms with Crippen molar-refractivity contribution in [1.29, 1.82) is 0 Å². The van der Waals surface area contributed by atoms with E-state index in [1.807, 2.05) is 30.8 Å². The van der Waals surface area contributed by atoms with Crippen LogP contribution in [-0.2, 0) is 0 Å². The number of rotatable bonds is 5. The Bertz CT molecular complexity index is 433. The van der Waals surface area contributed by atoms with Gasteiger partial charge in [-0.1, -0.05) is 24.8 Å². The first-order chi connectivity index (χ1) is 9.29. The number of hydrogen-bond donors (Lipinski definition) is 0. The molecule has 1 aromatic rings. The van der Waals surface area contributed by atoms with E-state index in [2.05, 4.69) is 35.8 Å². The van der Waals surface area contributed by atoms with Crippen LogP contribution in [0.5, 0.6) is 5.75 Å². The van der Waals surface area contributed by atoms with Crippen molar-refractivity contribution < 1.29 is 4.74 Å². The van der Waals surface area contributed by atoms with Crippen molar-refractivity contribution in [2.24, 2.45) is 0 Å². The second-order valence-corrected chi connectivity index (χ2v) is 5.65. The maximum absolute atomic E-state index is 5.43. The predicted octanol–water partition coefficient (Wildman–Crippen LogP) is 3.66. The van der Waals surface area contributed by atoms with Crippen molar-refractivity contribution in [2.75, 3.05) is 31.2 Å². The van der Waals surface area contributed by atoms with Gasteiger partial charge in [0.25, 0.3) is 0 Å². The fourth-order valence-corrected chi connectivity index (χ4v) is 2.89. The number of ether oxygens (including phenoxy) is 1. The van der Waals surface area contributed by atoms with Gasteiger partial charge >= 0.3 is 0 Å². The lowest BCUT2D eigenvalue weighted by atomic mass is 10.2. The number of benzene rings is 1. The molecule has 1 aliphatic rings. The molecule has 0 aliphatic carbocycles. The second-order valence-electron chi connectivity index (χ2n) is 4.43. The summed E-state index contributed by atoms with van der Waals surface area (Å²) in [7, 11) is 0. The van der Waals surface area contributed by atoms with Crippen LogP contribution in [0.1, 0.15) is 12.5 Å². The molecule has 1 saturated heterocycles. The highest BCUT2D eigenvalue weighted by Gasteiger charge is 2.09. The molecule has 0 unspecified atom stereocenters. The van der Waals surface area contributed by atoms with Crippen LogP contribution in [0, 0.1) is 0 Å². The molecule has 0 amide bonds. The SMILES string of the molecule is C=C(/C=C/c1ccc(OCC)cc1)N1CCSCC1. The molecule has 1 aromatic carbocycles. The zero-order valence-corrected chi connectivity index (χ0v) is 12.3. The van der Waals surface area contributed by atoms with E-state index >= 15 is 0 Å². The van der Waals surface area contributed by atoms with Gasteiger partial charge in [-0.3, -0.25) is 0 Å². The lowest BCUT2D eigenvalue weighted by molar-refractivity contribution is 0.340. The first-order valence-corrected chi connectivity index (χ1v) is 7.87. The smallest absolute Gasteiger partial charge is 0.119 e. The van der Waals surface area contributed by atoms with Crippen molar-refractivity contribution >= 4 is 17.8 Å². The average molecular weight is 275 g/mol. The minimum absolute atomic E-state index is 0.707. The molecule has 0 saturated carbocycles. The first kappa shape index (κ1) is 14.1. The molecule has 0 aromatic heterocycles. The van der Waals surface area contributed by atoms with Gasteiger partial charge in [0.05, 0.1) is 6.61 Å². The third-order valence-electron chi connectivity index (χ3n) is 3.08. The largest absolute Gasteiger partial charge is 0.494 e. The number of thioether (sulfide) groups is 1. The molecule has 2 rings (SSSR count). The van der Waals surface area contributed by atoms with Gasteiger partial charge in [0.1, 0.15) is 5.75 Å². The van der Waals surface area contributed by atoms with Crippen molar-refractivity contribution in [3.63, 3.8) is 0 Å². The molecule has 19 heavy (non-hydrogen) atoms. The van der Waals surface area contributed by atoms with Crippen LogP contribution in [0.2, 0.25) is 0 Å². The lowest BCUT2D eigenvalue weighted by Crippen LogP contribution is -2.30. The minimum Gasteiger partial charge on any atom is -0.494 e. The Kier molecular flexibility index (Phi) is 5.40. The van der Waals surface area contributed by atoms with Crippen LogP contribution >= 0.6 is 11.8 Å². The molecule has 1 fully saturated rings. The molecule has 3 heteroatoms. The van der Waals surface area contributed by atoms with Crippen LogP contribution < -0.4 is 4.74 Å². The third kappa shape index (κ3) is 4.35. The summed E-state index contributed by atoms with van der Waals surface area (Å²) in [4.78, 5) is 2.35. The van der Waals surface area contributed by atoms with Gasteiger partial charge in [0, 0.05) is 30.3 Å². The summed E-state index contributed by atoms with van der Waals surface area (Å²) in [6, 6.07) is 8.15. The molecular weight excluding hydrogens is 254 g/mol. The van der Waals surface area contributed by atoms with Gasteiger partial charge in [-0.25, -0.2) is 0 Å². The second kappa shape index (κ2) is 7.29. The molecule has 0 N–H and O–H groups in total. The van der Waals surface area contributed by atoms with E-state index in [0.29, 0.717) is 6.61 Å². The van der Waals surface area contributed by atoms with Crippen LogP contribution in [0.25, 0.3) is 6.08 Å². The molecular formula is C16H21NOS. The van der Waals surface area contributed by atoms with E-state index in [9.17, 15) is 0 Å². The molecule has 0 radical (unpaired) electrons. The van der Waals surface area contributed by atoms with E-state index in [4.69, 9.17) is 4.74 Å². The monoisotopic (exact) mass is 275 g/mol. The summed E-state index contributed by atoms with van der Waals surface area (Å²) in [5.74, 6) is 3.33. The average Bonchev–Trinajstić information content (AvgIpc) is 2.47. The fraction of sp³-hybridized carbons (Fsp3) is 0.375. The predicted molar refractivity (Wildman–Crippen MR) is 84.7 cm³/mol. The Morgan fingerprint density at radius 2 is 2.00 bits per heavy atom. The van der Waals surface area contributed by atoms with Crippen LogP contribution in [0.4, 0.5) is 0 Å². The maximum atomic E-state index is 5.43. The van der Waals surface area contributed by atoms with Gasteiger partial charge in [0.2, 0.25) is 0 Å². The Morgan fingerprint density at radius 3 is 2.63 bits per heavy atom. The summed E-state index contributed by atoms with van der Waals surface area (Å²) in [5, 5.41) is 0. The van der Waals surface area contributed by atoms with E-state index in [1.54, 1.807) is 0 Å².